The van der Waals surface area contributed by atoms with E-state index in [4.69, 9.17) is 0 Å². The highest BCUT2D eigenvalue weighted by molar-refractivity contribution is 5.09. The van der Waals surface area contributed by atoms with Gasteiger partial charge in [0.25, 0.3) is 0 Å². The summed E-state index contributed by atoms with van der Waals surface area (Å²) in [4.78, 5) is 0. The van der Waals surface area contributed by atoms with Crippen molar-refractivity contribution in [2.45, 2.75) is 12.2 Å². The Morgan fingerprint density at radius 1 is 1.46 bits per heavy atom. The van der Waals surface area contributed by atoms with Crippen LogP contribution in [-0.2, 0) is 6.18 Å². The molecular formula is C7H8F3N3. The van der Waals surface area contributed by atoms with Gasteiger partial charge in [-0.05, 0) is 0 Å². The summed E-state index contributed by atoms with van der Waals surface area (Å²) >= 11 is 0. The van der Waals surface area contributed by atoms with Crippen molar-refractivity contribution in [2.75, 3.05) is 13.1 Å². The van der Waals surface area contributed by atoms with Gasteiger partial charge in [-0.25, -0.2) is 0 Å². The number of aromatic nitrogens is 2. The minimum Gasteiger partial charge on any atom is -0.312 e. The molecule has 3 nitrogen and oxygen atoms in total. The summed E-state index contributed by atoms with van der Waals surface area (Å²) in [5.74, 6) is 0. The predicted octanol–water partition coefficient (Wildman–Crippen LogP) is 1.05. The van der Waals surface area contributed by atoms with E-state index in [1.807, 2.05) is 0 Å². The molecule has 0 unspecified atom stereocenters. The second kappa shape index (κ2) is 2.73. The molecule has 0 radical (unpaired) electrons. The Kier molecular flexibility index (Phi) is 1.80. The normalized spacial score (nSPS) is 18.7. The fourth-order valence-corrected chi connectivity index (χ4v) is 1.14. The molecule has 0 atom stereocenters. The molecule has 2 heterocycles. The largest absolute Gasteiger partial charge is 0.419 e. The first-order valence-corrected chi connectivity index (χ1v) is 3.89. The van der Waals surface area contributed by atoms with Crippen molar-refractivity contribution in [3.8, 4) is 0 Å². The van der Waals surface area contributed by atoms with E-state index in [0.29, 0.717) is 13.1 Å². The second-order valence-corrected chi connectivity index (χ2v) is 3.02. The number of hydrogen-bond acceptors (Lipinski definition) is 2. The van der Waals surface area contributed by atoms with Crippen molar-refractivity contribution in [3.63, 3.8) is 0 Å². The first-order chi connectivity index (χ1) is 6.07. The van der Waals surface area contributed by atoms with Crippen LogP contribution in [0.2, 0.25) is 0 Å². The average molecular weight is 191 g/mol. The molecule has 1 aliphatic heterocycles. The van der Waals surface area contributed by atoms with Gasteiger partial charge in [0.1, 0.15) is 0 Å². The van der Waals surface area contributed by atoms with Crippen LogP contribution in [0.1, 0.15) is 11.6 Å². The van der Waals surface area contributed by atoms with Gasteiger partial charge in [-0.2, -0.15) is 18.3 Å². The molecule has 1 N–H and O–H groups in total. The summed E-state index contributed by atoms with van der Waals surface area (Å²) < 4.78 is 37.7. The second-order valence-electron chi connectivity index (χ2n) is 3.02. The third kappa shape index (κ3) is 1.53. The lowest BCUT2D eigenvalue weighted by Gasteiger charge is -2.27. The summed E-state index contributed by atoms with van der Waals surface area (Å²) in [6.07, 6.45) is -2.38. The lowest BCUT2D eigenvalue weighted by atomic mass is 10.2. The zero-order valence-electron chi connectivity index (χ0n) is 6.67. The fraction of sp³-hybridized carbons (Fsp3) is 0.571. The molecule has 0 spiro atoms. The minimum absolute atomic E-state index is 0.0797. The van der Waals surface area contributed by atoms with Crippen LogP contribution in [0, 0.1) is 0 Å². The van der Waals surface area contributed by atoms with Gasteiger partial charge in [0.05, 0.1) is 17.8 Å². The summed E-state index contributed by atoms with van der Waals surface area (Å²) in [6, 6.07) is 0.0797. The van der Waals surface area contributed by atoms with E-state index in [0.717, 1.165) is 12.4 Å². The van der Waals surface area contributed by atoms with Gasteiger partial charge in [0.15, 0.2) is 0 Å². The zero-order chi connectivity index (χ0) is 9.47. The van der Waals surface area contributed by atoms with Gasteiger partial charge in [-0.3, -0.25) is 4.68 Å². The molecule has 6 heteroatoms. The Bertz CT molecular complexity index is 300. The SMILES string of the molecule is FC(F)(F)c1cnn(C2CNC2)c1. The maximum Gasteiger partial charge on any atom is 0.419 e. The average Bonchev–Trinajstić information content (AvgIpc) is 2.29. The van der Waals surface area contributed by atoms with Crippen molar-refractivity contribution < 1.29 is 13.2 Å². The van der Waals surface area contributed by atoms with Gasteiger partial charge in [-0.15, -0.1) is 0 Å². The number of alkyl halides is 3. The molecule has 1 aliphatic rings. The summed E-state index contributed by atoms with van der Waals surface area (Å²) in [5, 5.41) is 6.63. The van der Waals surface area contributed by atoms with Gasteiger partial charge < -0.3 is 5.32 Å². The Morgan fingerprint density at radius 3 is 2.54 bits per heavy atom. The van der Waals surface area contributed by atoms with Crippen LogP contribution in [0.5, 0.6) is 0 Å². The van der Waals surface area contributed by atoms with E-state index >= 15 is 0 Å². The summed E-state index contributed by atoms with van der Waals surface area (Å²) in [5.41, 5.74) is -0.681. The highest BCUT2D eigenvalue weighted by Gasteiger charge is 2.33. The third-order valence-electron chi connectivity index (χ3n) is 2.06. The van der Waals surface area contributed by atoms with Crippen LogP contribution in [0.15, 0.2) is 12.4 Å². The smallest absolute Gasteiger partial charge is 0.312 e. The minimum atomic E-state index is -4.28. The van der Waals surface area contributed by atoms with E-state index in [1.54, 1.807) is 0 Å². The lowest BCUT2D eigenvalue weighted by Crippen LogP contribution is -2.43. The molecule has 0 bridgehead atoms. The van der Waals surface area contributed by atoms with Crippen LogP contribution in [0.25, 0.3) is 0 Å². The lowest BCUT2D eigenvalue weighted by molar-refractivity contribution is -0.137. The number of nitrogens with one attached hydrogen (secondary N) is 1. The highest BCUT2D eigenvalue weighted by atomic mass is 19.4. The molecule has 13 heavy (non-hydrogen) atoms. The Labute approximate surface area is 72.5 Å². The topological polar surface area (TPSA) is 29.9 Å². The number of halogens is 3. The Hall–Kier alpha value is -1.04. The van der Waals surface area contributed by atoms with Crippen molar-refractivity contribution in [1.82, 2.24) is 15.1 Å². The molecule has 2 rings (SSSR count). The standard InChI is InChI=1S/C7H8F3N3/c8-7(9,10)5-1-12-13(4-5)6-2-11-3-6/h1,4,6,11H,2-3H2. The van der Waals surface area contributed by atoms with Crippen LogP contribution in [-0.4, -0.2) is 22.9 Å². The quantitative estimate of drug-likeness (QED) is 0.718. The predicted molar refractivity (Wildman–Crippen MR) is 39.1 cm³/mol. The molecule has 0 aliphatic carbocycles. The third-order valence-corrected chi connectivity index (χ3v) is 2.06. The van der Waals surface area contributed by atoms with Crippen LogP contribution < -0.4 is 5.32 Å². The first-order valence-electron chi connectivity index (χ1n) is 3.89. The Balaban J connectivity index is 2.17. The van der Waals surface area contributed by atoms with E-state index in [2.05, 4.69) is 10.4 Å². The molecule has 0 saturated carbocycles. The van der Waals surface area contributed by atoms with E-state index < -0.39 is 11.7 Å². The number of rotatable bonds is 1. The molecule has 1 aromatic heterocycles. The summed E-state index contributed by atoms with van der Waals surface area (Å²) in [6.45, 7) is 1.39. The Morgan fingerprint density at radius 2 is 2.15 bits per heavy atom. The van der Waals surface area contributed by atoms with Gasteiger partial charge in [-0.1, -0.05) is 0 Å². The van der Waals surface area contributed by atoms with Crippen LogP contribution in [0.4, 0.5) is 13.2 Å². The molecule has 1 saturated heterocycles. The van der Waals surface area contributed by atoms with Gasteiger partial charge >= 0.3 is 6.18 Å². The van der Waals surface area contributed by atoms with Gasteiger partial charge in [0.2, 0.25) is 0 Å². The van der Waals surface area contributed by atoms with Crippen LogP contribution in [0.3, 0.4) is 0 Å². The van der Waals surface area contributed by atoms with E-state index in [9.17, 15) is 13.2 Å². The number of hydrogen-bond donors (Lipinski definition) is 1. The molecule has 72 valence electrons. The summed E-state index contributed by atoms with van der Waals surface area (Å²) in [7, 11) is 0. The fourth-order valence-electron chi connectivity index (χ4n) is 1.14. The van der Waals surface area contributed by atoms with Crippen molar-refractivity contribution in [1.29, 1.82) is 0 Å². The van der Waals surface area contributed by atoms with Crippen molar-refractivity contribution in [3.05, 3.63) is 18.0 Å². The van der Waals surface area contributed by atoms with E-state index in [-0.39, 0.29) is 6.04 Å². The zero-order valence-corrected chi connectivity index (χ0v) is 6.67. The van der Waals surface area contributed by atoms with Crippen molar-refractivity contribution in [2.24, 2.45) is 0 Å². The van der Waals surface area contributed by atoms with Crippen LogP contribution >= 0.6 is 0 Å². The van der Waals surface area contributed by atoms with E-state index in [1.165, 1.54) is 4.68 Å². The van der Waals surface area contributed by atoms with Gasteiger partial charge in [0, 0.05) is 19.3 Å². The highest BCUT2D eigenvalue weighted by Crippen LogP contribution is 2.29. The molecule has 0 aromatic carbocycles. The molecule has 0 amide bonds. The number of nitrogens with zero attached hydrogens (tertiary/aromatic N) is 2. The maximum absolute atomic E-state index is 12.1. The van der Waals surface area contributed by atoms with Crippen molar-refractivity contribution >= 4 is 0 Å². The molecule has 1 fully saturated rings. The molecular weight excluding hydrogens is 183 g/mol. The first kappa shape index (κ1) is 8.55. The monoisotopic (exact) mass is 191 g/mol. The maximum atomic E-state index is 12.1. The molecule has 1 aromatic rings.